The van der Waals surface area contributed by atoms with Gasteiger partial charge in [-0.1, -0.05) is 54.1 Å². The van der Waals surface area contributed by atoms with Crippen molar-refractivity contribution in [1.29, 1.82) is 0 Å². The minimum atomic E-state index is -4.10. The van der Waals surface area contributed by atoms with Crippen molar-refractivity contribution in [3.8, 4) is 17.2 Å². The number of hydrogen-bond acceptors (Lipinski definition) is 5. The number of rotatable bonds is 9. The largest absolute Gasteiger partial charge is 0.495 e. The molecule has 4 aromatic carbocycles. The molecular weight excluding hydrogens is 488 g/mol. The summed E-state index contributed by atoms with van der Waals surface area (Å²) in [5.74, 6) is 0.839. The molecule has 0 saturated heterocycles. The zero-order valence-electron chi connectivity index (χ0n) is 20.8. The van der Waals surface area contributed by atoms with Crippen LogP contribution in [0.15, 0.2) is 102 Å². The van der Waals surface area contributed by atoms with Gasteiger partial charge in [-0.05, 0) is 67.9 Å². The third-order valence-electron chi connectivity index (χ3n) is 5.63. The molecule has 0 aromatic heterocycles. The Labute approximate surface area is 217 Å². The van der Waals surface area contributed by atoms with Crippen molar-refractivity contribution < 1.29 is 22.7 Å². The number of nitrogens with zero attached hydrogens (tertiary/aromatic N) is 1. The zero-order chi connectivity index (χ0) is 26.4. The van der Waals surface area contributed by atoms with E-state index in [1.807, 2.05) is 38.1 Å². The molecule has 0 aliphatic heterocycles. The van der Waals surface area contributed by atoms with Crippen molar-refractivity contribution in [3.63, 3.8) is 0 Å². The Morgan fingerprint density at radius 2 is 1.46 bits per heavy atom. The average molecular weight is 517 g/mol. The Morgan fingerprint density at radius 1 is 0.811 bits per heavy atom. The van der Waals surface area contributed by atoms with Gasteiger partial charge in [0.1, 0.15) is 18.0 Å². The molecule has 0 fully saturated rings. The second-order valence-electron chi connectivity index (χ2n) is 8.46. The van der Waals surface area contributed by atoms with Crippen LogP contribution in [0.4, 0.5) is 11.4 Å². The Morgan fingerprint density at radius 3 is 2.16 bits per heavy atom. The Hall–Kier alpha value is -4.30. The van der Waals surface area contributed by atoms with E-state index in [0.717, 1.165) is 15.4 Å². The van der Waals surface area contributed by atoms with Crippen LogP contribution in [0.25, 0.3) is 0 Å². The number of benzene rings is 4. The molecule has 0 heterocycles. The molecule has 0 saturated carbocycles. The van der Waals surface area contributed by atoms with Gasteiger partial charge in [0.05, 0.1) is 23.4 Å². The fourth-order valence-electron chi connectivity index (χ4n) is 3.73. The number of carbonyl (C=O) groups is 1. The summed E-state index contributed by atoms with van der Waals surface area (Å²) < 4.78 is 40.0. The zero-order valence-corrected chi connectivity index (χ0v) is 21.7. The van der Waals surface area contributed by atoms with Crippen LogP contribution in [-0.4, -0.2) is 28.0 Å². The monoisotopic (exact) mass is 516 g/mol. The Balaban J connectivity index is 1.68. The molecule has 0 aliphatic carbocycles. The van der Waals surface area contributed by atoms with E-state index in [1.54, 1.807) is 60.7 Å². The van der Waals surface area contributed by atoms with Crippen LogP contribution >= 0.6 is 0 Å². The topological polar surface area (TPSA) is 84.9 Å². The number of hydrogen-bond donors (Lipinski definition) is 1. The molecule has 0 spiro atoms. The molecule has 1 N–H and O–H groups in total. The summed E-state index contributed by atoms with van der Waals surface area (Å²) in [6.07, 6.45) is 0. The summed E-state index contributed by atoms with van der Waals surface area (Å²) in [7, 11) is -2.64. The average Bonchev–Trinajstić information content (AvgIpc) is 2.89. The quantitative estimate of drug-likeness (QED) is 0.298. The lowest BCUT2D eigenvalue weighted by Crippen LogP contribution is -2.38. The van der Waals surface area contributed by atoms with E-state index in [2.05, 4.69) is 5.32 Å². The lowest BCUT2D eigenvalue weighted by Gasteiger charge is -2.26. The summed E-state index contributed by atoms with van der Waals surface area (Å²) >= 11 is 0. The van der Waals surface area contributed by atoms with Gasteiger partial charge in [0, 0.05) is 0 Å². The van der Waals surface area contributed by atoms with Crippen LogP contribution in [-0.2, 0) is 14.8 Å². The lowest BCUT2D eigenvalue weighted by molar-refractivity contribution is -0.114. The first-order valence-electron chi connectivity index (χ1n) is 11.6. The van der Waals surface area contributed by atoms with E-state index in [1.165, 1.54) is 19.2 Å². The SMILES string of the molecule is COc1ccc(C)cc1N(CC(=O)Nc1ccccc1Oc1ccccc1)S(=O)(=O)c1ccc(C)cc1. The minimum Gasteiger partial charge on any atom is -0.495 e. The summed E-state index contributed by atoms with van der Waals surface area (Å²) in [6, 6.07) is 27.8. The van der Waals surface area contributed by atoms with Crippen LogP contribution in [0.5, 0.6) is 17.2 Å². The van der Waals surface area contributed by atoms with Gasteiger partial charge < -0.3 is 14.8 Å². The number of sulfonamides is 1. The highest BCUT2D eigenvalue weighted by molar-refractivity contribution is 7.92. The summed E-state index contributed by atoms with van der Waals surface area (Å²) in [4.78, 5) is 13.4. The van der Waals surface area contributed by atoms with Crippen LogP contribution < -0.4 is 19.1 Å². The van der Waals surface area contributed by atoms with Crippen molar-refractivity contribution >= 4 is 27.3 Å². The number of aryl methyl sites for hydroxylation is 2. The molecule has 1 amide bonds. The maximum atomic E-state index is 13.8. The molecule has 190 valence electrons. The summed E-state index contributed by atoms with van der Waals surface area (Å²) in [5.41, 5.74) is 2.43. The molecule has 0 unspecified atom stereocenters. The van der Waals surface area contributed by atoms with Crippen LogP contribution in [0.1, 0.15) is 11.1 Å². The van der Waals surface area contributed by atoms with Gasteiger partial charge in [-0.15, -0.1) is 0 Å². The number of nitrogens with one attached hydrogen (secondary N) is 1. The number of carbonyl (C=O) groups excluding carboxylic acids is 1. The van der Waals surface area contributed by atoms with Crippen LogP contribution in [0.2, 0.25) is 0 Å². The molecule has 4 rings (SSSR count). The number of anilines is 2. The van der Waals surface area contributed by atoms with Gasteiger partial charge >= 0.3 is 0 Å². The molecule has 7 nitrogen and oxygen atoms in total. The first kappa shape index (κ1) is 25.8. The highest BCUT2D eigenvalue weighted by atomic mass is 32.2. The van der Waals surface area contributed by atoms with Gasteiger partial charge in [0.15, 0.2) is 5.75 Å². The third kappa shape index (κ3) is 6.10. The number of amides is 1. The van der Waals surface area contributed by atoms with Crippen molar-refractivity contribution in [2.75, 3.05) is 23.3 Å². The van der Waals surface area contributed by atoms with Crippen molar-refractivity contribution in [3.05, 3.63) is 108 Å². The van der Waals surface area contributed by atoms with E-state index in [-0.39, 0.29) is 10.6 Å². The van der Waals surface area contributed by atoms with Gasteiger partial charge in [0.25, 0.3) is 10.0 Å². The van der Waals surface area contributed by atoms with Gasteiger partial charge in [-0.2, -0.15) is 0 Å². The van der Waals surface area contributed by atoms with Crippen LogP contribution in [0, 0.1) is 13.8 Å². The number of methoxy groups -OCH3 is 1. The van der Waals surface area contributed by atoms with Crippen molar-refractivity contribution in [2.45, 2.75) is 18.7 Å². The highest BCUT2D eigenvalue weighted by Crippen LogP contribution is 2.34. The number of ether oxygens (including phenoxy) is 2. The third-order valence-corrected chi connectivity index (χ3v) is 7.41. The van der Waals surface area contributed by atoms with E-state index in [0.29, 0.717) is 22.9 Å². The normalized spacial score (nSPS) is 11.0. The molecule has 0 radical (unpaired) electrons. The molecule has 4 aromatic rings. The first-order valence-corrected chi connectivity index (χ1v) is 13.1. The molecule has 8 heteroatoms. The standard InChI is InChI=1S/C29H28N2O5S/c1-21-13-16-24(17-14-21)37(33,34)31(26-19-22(2)15-18-28(26)35-3)20-29(32)30-25-11-7-8-12-27(25)36-23-9-5-4-6-10-23/h4-19H,20H2,1-3H3,(H,30,32). The van der Waals surface area contributed by atoms with E-state index >= 15 is 0 Å². The second kappa shape index (κ2) is 11.2. The highest BCUT2D eigenvalue weighted by Gasteiger charge is 2.30. The van der Waals surface area contributed by atoms with Gasteiger partial charge in [-0.25, -0.2) is 8.42 Å². The summed E-state index contributed by atoms with van der Waals surface area (Å²) in [6.45, 7) is 3.24. The predicted octanol–water partition coefficient (Wildman–Crippen LogP) is 5.94. The molecule has 0 aliphatic rings. The van der Waals surface area contributed by atoms with Crippen LogP contribution in [0.3, 0.4) is 0 Å². The van der Waals surface area contributed by atoms with E-state index < -0.39 is 22.5 Å². The van der Waals surface area contributed by atoms with Gasteiger partial charge in [-0.3, -0.25) is 9.10 Å². The maximum absolute atomic E-state index is 13.8. The number of para-hydroxylation sites is 3. The second-order valence-corrected chi connectivity index (χ2v) is 10.3. The first-order chi connectivity index (χ1) is 17.8. The molecule has 37 heavy (non-hydrogen) atoms. The maximum Gasteiger partial charge on any atom is 0.264 e. The predicted molar refractivity (Wildman–Crippen MR) is 145 cm³/mol. The van der Waals surface area contributed by atoms with Gasteiger partial charge in [0.2, 0.25) is 5.91 Å². The van der Waals surface area contributed by atoms with E-state index in [9.17, 15) is 13.2 Å². The minimum absolute atomic E-state index is 0.0715. The Kier molecular flexibility index (Phi) is 7.79. The van der Waals surface area contributed by atoms with Crippen molar-refractivity contribution in [1.82, 2.24) is 0 Å². The van der Waals surface area contributed by atoms with E-state index in [4.69, 9.17) is 9.47 Å². The van der Waals surface area contributed by atoms with Crippen molar-refractivity contribution in [2.24, 2.45) is 0 Å². The summed E-state index contributed by atoms with van der Waals surface area (Å²) in [5, 5.41) is 2.80. The molecule has 0 bridgehead atoms. The molecule has 0 atom stereocenters. The Bertz CT molecular complexity index is 1490. The fourth-order valence-corrected chi connectivity index (χ4v) is 5.15. The lowest BCUT2D eigenvalue weighted by atomic mass is 10.2. The smallest absolute Gasteiger partial charge is 0.264 e. The molecular formula is C29H28N2O5S. The fraction of sp³-hybridized carbons (Fsp3) is 0.138.